The normalized spacial score (nSPS) is 9.70. The van der Waals surface area contributed by atoms with Gasteiger partial charge in [0.2, 0.25) is 0 Å². The summed E-state index contributed by atoms with van der Waals surface area (Å²) >= 11 is 0. The Morgan fingerprint density at radius 1 is 1.60 bits per heavy atom. The van der Waals surface area contributed by atoms with E-state index >= 15 is 0 Å². The molecule has 0 unspecified atom stereocenters. The summed E-state index contributed by atoms with van der Waals surface area (Å²) in [4.78, 5) is 10.6. The Hall–Kier alpha value is -1.25. The summed E-state index contributed by atoms with van der Waals surface area (Å²) in [6, 6.07) is 2.40. The molecule has 0 amide bonds. The molecular formula is C7H8O3. The van der Waals surface area contributed by atoms with Gasteiger partial charge in [0.1, 0.15) is 5.76 Å². The Bertz CT molecular complexity index is 274. The van der Waals surface area contributed by atoms with Crippen LogP contribution in [0.1, 0.15) is 12.7 Å². The van der Waals surface area contributed by atoms with Gasteiger partial charge in [-0.05, 0) is 0 Å². The molecule has 0 aliphatic carbocycles. The molecule has 1 N–H and O–H groups in total. The summed E-state index contributed by atoms with van der Waals surface area (Å²) in [7, 11) is 0. The molecule has 0 radical (unpaired) electrons. The van der Waals surface area contributed by atoms with Gasteiger partial charge in [-0.15, -0.1) is 0 Å². The van der Waals surface area contributed by atoms with Crippen LogP contribution >= 0.6 is 0 Å². The highest BCUT2D eigenvalue weighted by molar-refractivity contribution is 5.08. The Balaban J connectivity index is 3.19. The number of hydrogen-bond acceptors (Lipinski definition) is 3. The monoisotopic (exact) mass is 140 g/mol. The lowest BCUT2D eigenvalue weighted by atomic mass is 10.3. The largest absolute Gasteiger partial charge is 0.481 e. The third-order valence-electron chi connectivity index (χ3n) is 1.15. The van der Waals surface area contributed by atoms with Gasteiger partial charge in [-0.1, -0.05) is 6.92 Å². The summed E-state index contributed by atoms with van der Waals surface area (Å²) in [5.41, 5.74) is -0.222. The minimum Gasteiger partial charge on any atom is -0.481 e. The van der Waals surface area contributed by atoms with Gasteiger partial charge < -0.3 is 9.52 Å². The lowest BCUT2D eigenvalue weighted by molar-refractivity contribution is 0.307. The standard InChI is InChI=1S/C7H8O3/c1-2-6-3-5(8)4-7(9)10-6/h3-4,9H,2H2,1H3. The van der Waals surface area contributed by atoms with Crippen LogP contribution in [0.2, 0.25) is 0 Å². The van der Waals surface area contributed by atoms with Crippen LogP contribution in [-0.4, -0.2) is 5.11 Å². The Labute approximate surface area is 57.9 Å². The van der Waals surface area contributed by atoms with Crippen molar-refractivity contribution in [2.24, 2.45) is 0 Å². The van der Waals surface area contributed by atoms with E-state index < -0.39 is 0 Å². The Kier molecular flexibility index (Phi) is 1.76. The third kappa shape index (κ3) is 1.37. The first-order chi connectivity index (χ1) is 4.72. The summed E-state index contributed by atoms with van der Waals surface area (Å²) < 4.78 is 4.76. The summed E-state index contributed by atoms with van der Waals surface area (Å²) in [5.74, 6) is 0.189. The molecule has 0 fully saturated rings. The van der Waals surface area contributed by atoms with E-state index in [1.807, 2.05) is 6.92 Å². The molecule has 1 aromatic heterocycles. The van der Waals surface area contributed by atoms with Crippen molar-refractivity contribution in [3.63, 3.8) is 0 Å². The van der Waals surface area contributed by atoms with Crippen molar-refractivity contribution in [3.05, 3.63) is 28.1 Å². The molecule has 1 rings (SSSR count). The second kappa shape index (κ2) is 2.56. The average molecular weight is 140 g/mol. The van der Waals surface area contributed by atoms with Crippen molar-refractivity contribution in [2.45, 2.75) is 13.3 Å². The van der Waals surface area contributed by atoms with E-state index in [0.29, 0.717) is 12.2 Å². The quantitative estimate of drug-likeness (QED) is 0.630. The van der Waals surface area contributed by atoms with Gasteiger partial charge in [0, 0.05) is 12.5 Å². The van der Waals surface area contributed by atoms with Crippen molar-refractivity contribution < 1.29 is 9.52 Å². The lowest BCUT2D eigenvalue weighted by Gasteiger charge is -1.93. The molecule has 0 atom stereocenters. The van der Waals surface area contributed by atoms with Crippen molar-refractivity contribution >= 4 is 0 Å². The zero-order valence-corrected chi connectivity index (χ0v) is 5.63. The first kappa shape index (κ1) is 6.86. The molecular weight excluding hydrogens is 132 g/mol. The number of aryl methyl sites for hydroxylation is 1. The van der Waals surface area contributed by atoms with Gasteiger partial charge in [0.25, 0.3) is 5.95 Å². The predicted molar refractivity (Wildman–Crippen MR) is 36.0 cm³/mol. The Morgan fingerprint density at radius 2 is 2.30 bits per heavy atom. The number of hydrogen-bond donors (Lipinski definition) is 1. The lowest BCUT2D eigenvalue weighted by Crippen LogP contribution is -1.97. The summed E-state index contributed by atoms with van der Waals surface area (Å²) in [6.45, 7) is 1.84. The first-order valence-corrected chi connectivity index (χ1v) is 3.05. The number of rotatable bonds is 1. The molecule has 3 heteroatoms. The van der Waals surface area contributed by atoms with Gasteiger partial charge >= 0.3 is 0 Å². The van der Waals surface area contributed by atoms with Crippen molar-refractivity contribution in [1.29, 1.82) is 0 Å². The fraction of sp³-hybridized carbons (Fsp3) is 0.286. The Morgan fingerprint density at radius 3 is 2.80 bits per heavy atom. The molecule has 0 aliphatic heterocycles. The van der Waals surface area contributed by atoms with E-state index in [-0.39, 0.29) is 11.4 Å². The topological polar surface area (TPSA) is 50.4 Å². The highest BCUT2D eigenvalue weighted by Crippen LogP contribution is 2.06. The molecule has 1 aromatic rings. The second-order valence-corrected chi connectivity index (χ2v) is 1.95. The van der Waals surface area contributed by atoms with Crippen LogP contribution in [0.25, 0.3) is 0 Å². The molecule has 0 spiro atoms. The van der Waals surface area contributed by atoms with Gasteiger partial charge in [-0.3, -0.25) is 4.79 Å². The maximum absolute atomic E-state index is 10.6. The van der Waals surface area contributed by atoms with Crippen LogP contribution in [0.3, 0.4) is 0 Å². The molecule has 0 saturated carbocycles. The SMILES string of the molecule is CCc1cc(=O)cc(O)o1. The molecule has 1 heterocycles. The molecule has 54 valence electrons. The fourth-order valence-corrected chi connectivity index (χ4v) is 0.690. The van der Waals surface area contributed by atoms with Gasteiger partial charge in [-0.25, -0.2) is 0 Å². The zero-order chi connectivity index (χ0) is 7.56. The minimum atomic E-state index is -0.315. The smallest absolute Gasteiger partial charge is 0.285 e. The molecule has 0 aliphatic rings. The highest BCUT2D eigenvalue weighted by atomic mass is 16.5. The maximum Gasteiger partial charge on any atom is 0.285 e. The van der Waals surface area contributed by atoms with Gasteiger partial charge in [0.05, 0.1) is 6.07 Å². The fourth-order valence-electron chi connectivity index (χ4n) is 0.690. The van der Waals surface area contributed by atoms with E-state index in [1.54, 1.807) is 0 Å². The van der Waals surface area contributed by atoms with Crippen molar-refractivity contribution in [2.75, 3.05) is 0 Å². The number of aromatic hydroxyl groups is 1. The maximum atomic E-state index is 10.6. The van der Waals surface area contributed by atoms with Crippen LogP contribution in [0.4, 0.5) is 0 Å². The van der Waals surface area contributed by atoms with E-state index in [9.17, 15) is 4.79 Å². The molecule has 0 aromatic carbocycles. The molecule has 3 nitrogen and oxygen atoms in total. The molecule has 0 saturated heterocycles. The molecule has 0 bridgehead atoms. The first-order valence-electron chi connectivity index (χ1n) is 3.05. The zero-order valence-electron chi connectivity index (χ0n) is 5.63. The van der Waals surface area contributed by atoms with Crippen LogP contribution in [-0.2, 0) is 6.42 Å². The van der Waals surface area contributed by atoms with E-state index in [2.05, 4.69) is 0 Å². The van der Waals surface area contributed by atoms with E-state index in [0.717, 1.165) is 6.07 Å². The second-order valence-electron chi connectivity index (χ2n) is 1.95. The van der Waals surface area contributed by atoms with Crippen molar-refractivity contribution in [1.82, 2.24) is 0 Å². The van der Waals surface area contributed by atoms with E-state index in [4.69, 9.17) is 9.52 Å². The van der Waals surface area contributed by atoms with Crippen molar-refractivity contribution in [3.8, 4) is 5.95 Å². The highest BCUT2D eigenvalue weighted by Gasteiger charge is 1.96. The summed E-state index contributed by atoms with van der Waals surface area (Å²) in [6.07, 6.45) is 0.615. The van der Waals surface area contributed by atoms with Crippen LogP contribution in [0.5, 0.6) is 5.95 Å². The van der Waals surface area contributed by atoms with Gasteiger partial charge in [-0.2, -0.15) is 0 Å². The predicted octanol–water partition coefficient (Wildman–Crippen LogP) is 0.908. The third-order valence-corrected chi connectivity index (χ3v) is 1.15. The average Bonchev–Trinajstić information content (AvgIpc) is 1.85. The van der Waals surface area contributed by atoms with E-state index in [1.165, 1.54) is 6.07 Å². The van der Waals surface area contributed by atoms with Gasteiger partial charge in [0.15, 0.2) is 5.43 Å². The molecule has 10 heavy (non-hydrogen) atoms. The summed E-state index contributed by atoms with van der Waals surface area (Å²) in [5, 5.41) is 8.76. The minimum absolute atomic E-state index is 0.222. The van der Waals surface area contributed by atoms with Crippen LogP contribution in [0, 0.1) is 0 Å². The van der Waals surface area contributed by atoms with Crippen LogP contribution < -0.4 is 5.43 Å². The van der Waals surface area contributed by atoms with Crippen LogP contribution in [0.15, 0.2) is 21.3 Å².